The first-order valence-electron chi connectivity index (χ1n) is 8.69. The summed E-state index contributed by atoms with van der Waals surface area (Å²) in [5.41, 5.74) is 8.24. The molecule has 0 radical (unpaired) electrons. The molecule has 0 aliphatic heterocycles. The Labute approximate surface area is 178 Å². The third-order valence-corrected chi connectivity index (χ3v) is 4.30. The number of nitrogens with two attached hydrogens (primary N) is 1. The third kappa shape index (κ3) is 6.89. The van der Waals surface area contributed by atoms with Gasteiger partial charge in [0.05, 0.1) is 20.8 Å². The van der Waals surface area contributed by atoms with E-state index in [9.17, 15) is 0 Å². The van der Waals surface area contributed by atoms with Gasteiger partial charge in [-0.25, -0.2) is 4.99 Å². The van der Waals surface area contributed by atoms with Crippen molar-refractivity contribution < 1.29 is 9.47 Å². The van der Waals surface area contributed by atoms with Crippen LogP contribution in [0.25, 0.3) is 0 Å². The number of ether oxygens (including phenoxy) is 2. The highest BCUT2D eigenvalue weighted by molar-refractivity contribution is 14.0. The van der Waals surface area contributed by atoms with Crippen molar-refractivity contribution in [3.05, 3.63) is 53.9 Å². The lowest BCUT2D eigenvalue weighted by Gasteiger charge is -2.21. The zero-order valence-electron chi connectivity index (χ0n) is 16.3. The van der Waals surface area contributed by atoms with Crippen LogP contribution in [0.15, 0.2) is 47.7 Å². The molecule has 0 amide bonds. The lowest BCUT2D eigenvalue weighted by atomic mass is 9.89. The lowest BCUT2D eigenvalue weighted by Crippen LogP contribution is -2.36. The van der Waals surface area contributed by atoms with Crippen molar-refractivity contribution in [2.75, 3.05) is 20.8 Å². The third-order valence-electron chi connectivity index (χ3n) is 4.30. The molecule has 0 aliphatic carbocycles. The summed E-state index contributed by atoms with van der Waals surface area (Å²) in [6.07, 6.45) is 3.69. The van der Waals surface area contributed by atoms with Gasteiger partial charge in [-0.15, -0.1) is 24.0 Å². The fourth-order valence-electron chi connectivity index (χ4n) is 2.76. The molecule has 3 N–H and O–H groups in total. The van der Waals surface area contributed by atoms with Crippen molar-refractivity contribution in [1.82, 2.24) is 10.3 Å². The quantitative estimate of drug-likeness (QED) is 0.340. The second-order valence-electron chi connectivity index (χ2n) is 6.41. The highest BCUT2D eigenvalue weighted by atomic mass is 127. The van der Waals surface area contributed by atoms with Gasteiger partial charge in [0.1, 0.15) is 0 Å². The van der Waals surface area contributed by atoms with Gasteiger partial charge in [0.2, 0.25) is 0 Å². The van der Waals surface area contributed by atoms with E-state index in [1.165, 1.54) is 5.56 Å². The van der Waals surface area contributed by atoms with E-state index in [4.69, 9.17) is 15.2 Å². The molecule has 0 saturated carbocycles. The SMILES string of the molecule is COc1ccc(CN=C(N)NCC(c2cccnc2)C(C)C)cc1OC.I. The Hall–Kier alpha value is -2.03. The predicted octanol–water partition coefficient (Wildman–Crippen LogP) is 3.56. The molecule has 0 fully saturated rings. The Morgan fingerprint density at radius 3 is 2.52 bits per heavy atom. The molecule has 1 atom stereocenters. The van der Waals surface area contributed by atoms with Gasteiger partial charge in [0.25, 0.3) is 0 Å². The van der Waals surface area contributed by atoms with Crippen LogP contribution in [0.5, 0.6) is 11.5 Å². The van der Waals surface area contributed by atoms with Gasteiger partial charge in [-0.3, -0.25) is 4.98 Å². The fraction of sp³-hybridized carbons (Fsp3) is 0.400. The average Bonchev–Trinajstić information content (AvgIpc) is 2.66. The number of methoxy groups -OCH3 is 2. The Balaban J connectivity index is 0.00000364. The van der Waals surface area contributed by atoms with Gasteiger partial charge >= 0.3 is 0 Å². The molecule has 148 valence electrons. The molecule has 1 aromatic heterocycles. The Kier molecular flexibility index (Phi) is 9.92. The molecule has 0 aliphatic rings. The van der Waals surface area contributed by atoms with Crippen LogP contribution in [0.2, 0.25) is 0 Å². The van der Waals surface area contributed by atoms with Crippen molar-refractivity contribution in [1.29, 1.82) is 0 Å². The van der Waals surface area contributed by atoms with E-state index in [0.29, 0.717) is 42.4 Å². The number of nitrogens with zero attached hydrogens (tertiary/aromatic N) is 2. The maximum Gasteiger partial charge on any atom is 0.188 e. The van der Waals surface area contributed by atoms with Crippen LogP contribution in [0.4, 0.5) is 0 Å². The smallest absolute Gasteiger partial charge is 0.188 e. The van der Waals surface area contributed by atoms with Crippen molar-refractivity contribution in [3.63, 3.8) is 0 Å². The monoisotopic (exact) mass is 484 g/mol. The number of aliphatic imine (C=N–C) groups is 1. The van der Waals surface area contributed by atoms with Crippen LogP contribution in [-0.2, 0) is 6.54 Å². The number of rotatable bonds is 8. The largest absolute Gasteiger partial charge is 0.493 e. The number of guanidine groups is 1. The molecule has 0 spiro atoms. The summed E-state index contributed by atoms with van der Waals surface area (Å²) in [6, 6.07) is 9.77. The van der Waals surface area contributed by atoms with Crippen LogP contribution in [0, 0.1) is 5.92 Å². The molecule has 0 bridgehead atoms. The fourth-order valence-corrected chi connectivity index (χ4v) is 2.76. The minimum atomic E-state index is 0. The first kappa shape index (κ1) is 23.0. The molecule has 2 rings (SSSR count). The Bertz CT molecular complexity index is 723. The van der Waals surface area contributed by atoms with Crippen molar-refractivity contribution in [2.24, 2.45) is 16.6 Å². The molecule has 2 aromatic rings. The highest BCUT2D eigenvalue weighted by Gasteiger charge is 2.16. The number of halogens is 1. The van der Waals surface area contributed by atoms with Crippen molar-refractivity contribution in [2.45, 2.75) is 26.3 Å². The molecular weight excluding hydrogens is 455 g/mol. The second-order valence-corrected chi connectivity index (χ2v) is 6.41. The van der Waals surface area contributed by atoms with Crippen LogP contribution >= 0.6 is 24.0 Å². The zero-order chi connectivity index (χ0) is 18.9. The minimum absolute atomic E-state index is 0. The molecule has 1 aromatic carbocycles. The lowest BCUT2D eigenvalue weighted by molar-refractivity contribution is 0.354. The molecule has 0 saturated heterocycles. The van der Waals surface area contributed by atoms with E-state index in [1.54, 1.807) is 20.4 Å². The van der Waals surface area contributed by atoms with E-state index >= 15 is 0 Å². The number of nitrogens with one attached hydrogen (secondary N) is 1. The zero-order valence-corrected chi connectivity index (χ0v) is 18.6. The molecule has 1 unspecified atom stereocenters. The standard InChI is InChI=1S/C20H28N4O2.HI/c1-14(2)17(16-6-5-9-22-12-16)13-24-20(21)23-11-15-7-8-18(25-3)19(10-15)26-4;/h5-10,12,14,17H,11,13H2,1-4H3,(H3,21,23,24);1H. The molecule has 1 heterocycles. The summed E-state index contributed by atoms with van der Waals surface area (Å²) in [7, 11) is 3.23. The van der Waals surface area contributed by atoms with Gasteiger partial charge in [-0.05, 0) is 35.2 Å². The summed E-state index contributed by atoms with van der Waals surface area (Å²) in [6.45, 7) is 5.57. The molecule has 7 heteroatoms. The first-order valence-corrected chi connectivity index (χ1v) is 8.69. The number of hydrogen-bond donors (Lipinski definition) is 2. The van der Waals surface area contributed by atoms with Crippen molar-refractivity contribution >= 4 is 29.9 Å². The number of benzene rings is 1. The van der Waals surface area contributed by atoms with E-state index in [0.717, 1.165) is 5.56 Å². The van der Waals surface area contributed by atoms with Crippen LogP contribution in [0.3, 0.4) is 0 Å². The van der Waals surface area contributed by atoms with E-state index in [-0.39, 0.29) is 24.0 Å². The second kappa shape index (κ2) is 11.6. The van der Waals surface area contributed by atoms with Gasteiger partial charge < -0.3 is 20.5 Å². The number of hydrogen-bond acceptors (Lipinski definition) is 4. The van der Waals surface area contributed by atoms with E-state index in [2.05, 4.69) is 35.2 Å². The molecular formula is C20H29IN4O2. The normalized spacial score (nSPS) is 12.3. The van der Waals surface area contributed by atoms with Crippen LogP contribution in [-0.4, -0.2) is 31.7 Å². The van der Waals surface area contributed by atoms with Gasteiger partial charge in [-0.2, -0.15) is 0 Å². The Morgan fingerprint density at radius 2 is 1.93 bits per heavy atom. The Morgan fingerprint density at radius 1 is 1.19 bits per heavy atom. The number of pyridine rings is 1. The van der Waals surface area contributed by atoms with E-state index in [1.807, 2.05) is 30.5 Å². The maximum absolute atomic E-state index is 6.04. The van der Waals surface area contributed by atoms with E-state index < -0.39 is 0 Å². The van der Waals surface area contributed by atoms with Gasteiger partial charge in [-0.1, -0.05) is 26.0 Å². The summed E-state index contributed by atoms with van der Waals surface area (Å²) in [5, 5.41) is 3.23. The van der Waals surface area contributed by atoms with Crippen molar-refractivity contribution in [3.8, 4) is 11.5 Å². The summed E-state index contributed by atoms with van der Waals surface area (Å²) < 4.78 is 10.6. The highest BCUT2D eigenvalue weighted by Crippen LogP contribution is 2.27. The molecule has 6 nitrogen and oxygen atoms in total. The van der Waals surface area contributed by atoms with Gasteiger partial charge in [0.15, 0.2) is 17.5 Å². The van der Waals surface area contributed by atoms with Crippen LogP contribution < -0.4 is 20.5 Å². The molecule has 27 heavy (non-hydrogen) atoms. The number of aromatic nitrogens is 1. The minimum Gasteiger partial charge on any atom is -0.493 e. The predicted molar refractivity (Wildman–Crippen MR) is 120 cm³/mol. The summed E-state index contributed by atoms with van der Waals surface area (Å²) >= 11 is 0. The maximum atomic E-state index is 6.04. The van der Waals surface area contributed by atoms with Crippen LogP contribution in [0.1, 0.15) is 30.9 Å². The summed E-state index contributed by atoms with van der Waals surface area (Å²) in [4.78, 5) is 8.63. The first-order chi connectivity index (χ1) is 12.5. The van der Waals surface area contributed by atoms with Gasteiger partial charge in [0, 0.05) is 24.9 Å². The summed E-state index contributed by atoms with van der Waals surface area (Å²) in [5.74, 6) is 2.59. The topological polar surface area (TPSA) is 81.8 Å². The average molecular weight is 484 g/mol.